The first kappa shape index (κ1) is 14.6. The summed E-state index contributed by atoms with van der Waals surface area (Å²) in [5.74, 6) is -1.47. The van der Waals surface area contributed by atoms with Gasteiger partial charge in [0.1, 0.15) is 22.2 Å². The molecule has 0 unspecified atom stereocenters. The van der Waals surface area contributed by atoms with Gasteiger partial charge < -0.3 is 15.6 Å². The van der Waals surface area contributed by atoms with Crippen LogP contribution in [0.2, 0.25) is 5.02 Å². The van der Waals surface area contributed by atoms with Crippen LogP contribution in [0.4, 0.5) is 10.2 Å². The SMILES string of the molecule is COc1c(O)c(F)c2c(N)nc(C(C)(C)C)nc2c1Cl. The average molecular weight is 300 g/mol. The Morgan fingerprint density at radius 1 is 1.30 bits per heavy atom. The maximum absolute atomic E-state index is 14.2. The number of aromatic hydroxyl groups is 1. The largest absolute Gasteiger partial charge is 0.502 e. The lowest BCUT2D eigenvalue weighted by Crippen LogP contribution is -2.17. The summed E-state index contributed by atoms with van der Waals surface area (Å²) < 4.78 is 19.1. The van der Waals surface area contributed by atoms with Crippen LogP contribution in [0.3, 0.4) is 0 Å². The number of hydrogen-bond acceptors (Lipinski definition) is 5. The summed E-state index contributed by atoms with van der Waals surface area (Å²) >= 11 is 6.12. The van der Waals surface area contributed by atoms with E-state index in [0.717, 1.165) is 0 Å². The van der Waals surface area contributed by atoms with Gasteiger partial charge in [-0.05, 0) is 0 Å². The summed E-state index contributed by atoms with van der Waals surface area (Å²) in [6.07, 6.45) is 0. The standard InChI is InChI=1S/C13H15ClFN3O2/c1-13(2,3)12-17-8-5(11(16)18-12)7(15)9(19)10(20-4)6(8)14/h19H,1-4H3,(H2,16,17,18). The molecule has 1 aromatic carbocycles. The van der Waals surface area contributed by atoms with Gasteiger partial charge in [0, 0.05) is 5.41 Å². The number of hydrogen-bond donors (Lipinski definition) is 2. The number of methoxy groups -OCH3 is 1. The first-order valence-corrected chi connectivity index (χ1v) is 6.28. The fraction of sp³-hybridized carbons (Fsp3) is 0.385. The van der Waals surface area contributed by atoms with Crippen molar-refractivity contribution in [2.24, 2.45) is 0 Å². The molecule has 0 saturated carbocycles. The van der Waals surface area contributed by atoms with E-state index in [1.54, 1.807) is 0 Å². The predicted molar refractivity (Wildman–Crippen MR) is 75.8 cm³/mol. The lowest BCUT2D eigenvalue weighted by Gasteiger charge is -2.19. The molecular formula is C13H15ClFN3O2. The molecule has 0 amide bonds. The highest BCUT2D eigenvalue weighted by atomic mass is 35.5. The van der Waals surface area contributed by atoms with Gasteiger partial charge in [-0.2, -0.15) is 0 Å². The molecule has 0 bridgehead atoms. The van der Waals surface area contributed by atoms with Crippen LogP contribution < -0.4 is 10.5 Å². The van der Waals surface area contributed by atoms with Crippen molar-refractivity contribution in [2.75, 3.05) is 12.8 Å². The number of phenols is 1. The first-order chi connectivity index (χ1) is 9.18. The van der Waals surface area contributed by atoms with Crippen LogP contribution in [0.1, 0.15) is 26.6 Å². The minimum absolute atomic E-state index is 0.000926. The van der Waals surface area contributed by atoms with Crippen LogP contribution in [0.25, 0.3) is 10.9 Å². The zero-order valence-corrected chi connectivity index (χ0v) is 12.3. The molecule has 5 nitrogen and oxygen atoms in total. The molecule has 0 fully saturated rings. The second kappa shape index (κ2) is 4.63. The Kier molecular flexibility index (Phi) is 3.37. The topological polar surface area (TPSA) is 81.3 Å². The number of fused-ring (bicyclic) bond motifs is 1. The smallest absolute Gasteiger partial charge is 0.196 e. The van der Waals surface area contributed by atoms with Crippen LogP contribution in [-0.2, 0) is 5.41 Å². The number of nitrogen functional groups attached to an aromatic ring is 1. The maximum atomic E-state index is 14.2. The Bertz CT molecular complexity index is 699. The van der Waals surface area contributed by atoms with Crippen LogP contribution >= 0.6 is 11.6 Å². The van der Waals surface area contributed by atoms with Gasteiger partial charge in [-0.3, -0.25) is 0 Å². The fourth-order valence-corrected chi connectivity index (χ4v) is 2.11. The van der Waals surface area contributed by atoms with Gasteiger partial charge in [0.05, 0.1) is 12.5 Å². The number of rotatable bonds is 1. The molecule has 0 spiro atoms. The molecule has 0 atom stereocenters. The number of aromatic nitrogens is 2. The Labute approximate surface area is 120 Å². The third-order valence-electron chi connectivity index (χ3n) is 2.86. The number of halogens is 2. The quantitative estimate of drug-likeness (QED) is 0.846. The van der Waals surface area contributed by atoms with Crippen LogP contribution in [0.5, 0.6) is 11.5 Å². The molecule has 2 aromatic rings. The van der Waals surface area contributed by atoms with Crippen molar-refractivity contribution in [1.29, 1.82) is 0 Å². The van der Waals surface area contributed by atoms with E-state index in [0.29, 0.717) is 5.82 Å². The summed E-state index contributed by atoms with van der Waals surface area (Å²) in [4.78, 5) is 8.35. The lowest BCUT2D eigenvalue weighted by atomic mass is 9.95. The molecule has 108 valence electrons. The first-order valence-electron chi connectivity index (χ1n) is 5.90. The van der Waals surface area contributed by atoms with Gasteiger partial charge >= 0.3 is 0 Å². The number of anilines is 1. The summed E-state index contributed by atoms with van der Waals surface area (Å²) in [5, 5.41) is 9.63. The average Bonchev–Trinajstić information content (AvgIpc) is 2.35. The minimum Gasteiger partial charge on any atom is -0.502 e. The van der Waals surface area contributed by atoms with Crippen molar-refractivity contribution in [2.45, 2.75) is 26.2 Å². The highest BCUT2D eigenvalue weighted by Gasteiger charge is 2.26. The predicted octanol–water partition coefficient (Wildman–Crippen LogP) is 3.02. The second-order valence-electron chi connectivity index (χ2n) is 5.42. The zero-order valence-electron chi connectivity index (χ0n) is 11.6. The molecule has 0 aliphatic rings. The van der Waals surface area contributed by atoms with Crippen molar-refractivity contribution < 1.29 is 14.2 Å². The summed E-state index contributed by atoms with van der Waals surface area (Å²) in [6, 6.07) is 0. The molecular weight excluding hydrogens is 285 g/mol. The van der Waals surface area contributed by atoms with E-state index < -0.39 is 11.6 Å². The summed E-state index contributed by atoms with van der Waals surface area (Å²) in [6.45, 7) is 5.69. The van der Waals surface area contributed by atoms with Gasteiger partial charge in [-0.1, -0.05) is 32.4 Å². The third-order valence-corrected chi connectivity index (χ3v) is 3.21. The van der Waals surface area contributed by atoms with Crippen molar-refractivity contribution in [1.82, 2.24) is 9.97 Å². The number of nitrogens with two attached hydrogens (primary N) is 1. The normalized spacial score (nSPS) is 11.9. The molecule has 1 heterocycles. The number of ether oxygens (including phenoxy) is 1. The Hall–Kier alpha value is -1.82. The maximum Gasteiger partial charge on any atom is 0.196 e. The number of phenolic OH excluding ortho intramolecular Hbond substituents is 1. The van der Waals surface area contributed by atoms with E-state index in [-0.39, 0.29) is 32.9 Å². The summed E-state index contributed by atoms with van der Waals surface area (Å²) in [5.41, 5.74) is 5.52. The molecule has 2 rings (SSSR count). The van der Waals surface area contributed by atoms with E-state index >= 15 is 0 Å². The number of nitrogens with zero attached hydrogens (tertiary/aromatic N) is 2. The van der Waals surface area contributed by atoms with Gasteiger partial charge in [0.15, 0.2) is 17.3 Å². The highest BCUT2D eigenvalue weighted by molar-refractivity contribution is 6.37. The van der Waals surface area contributed by atoms with Crippen LogP contribution in [-0.4, -0.2) is 22.2 Å². The molecule has 7 heteroatoms. The molecule has 0 aliphatic heterocycles. The van der Waals surface area contributed by atoms with Gasteiger partial charge in [-0.25, -0.2) is 14.4 Å². The molecule has 1 aromatic heterocycles. The third kappa shape index (κ3) is 2.10. The van der Waals surface area contributed by atoms with Gasteiger partial charge in [0.2, 0.25) is 0 Å². The zero-order chi connectivity index (χ0) is 15.2. The fourth-order valence-electron chi connectivity index (χ4n) is 1.80. The van der Waals surface area contributed by atoms with Crippen molar-refractivity contribution >= 4 is 28.3 Å². The van der Waals surface area contributed by atoms with Crippen LogP contribution in [0.15, 0.2) is 0 Å². The van der Waals surface area contributed by atoms with Gasteiger partial charge in [-0.15, -0.1) is 0 Å². The van der Waals surface area contributed by atoms with Crippen molar-refractivity contribution in [3.63, 3.8) is 0 Å². The molecule has 20 heavy (non-hydrogen) atoms. The van der Waals surface area contributed by atoms with E-state index in [1.165, 1.54) is 7.11 Å². The molecule has 0 radical (unpaired) electrons. The van der Waals surface area contributed by atoms with Crippen molar-refractivity contribution in [3.05, 3.63) is 16.7 Å². The van der Waals surface area contributed by atoms with E-state index in [4.69, 9.17) is 22.1 Å². The Morgan fingerprint density at radius 3 is 2.40 bits per heavy atom. The second-order valence-corrected chi connectivity index (χ2v) is 5.79. The Morgan fingerprint density at radius 2 is 1.90 bits per heavy atom. The van der Waals surface area contributed by atoms with Crippen molar-refractivity contribution in [3.8, 4) is 11.5 Å². The highest BCUT2D eigenvalue weighted by Crippen LogP contribution is 2.43. The number of benzene rings is 1. The minimum atomic E-state index is -0.945. The van der Waals surface area contributed by atoms with E-state index in [2.05, 4.69) is 9.97 Å². The molecule has 0 saturated heterocycles. The lowest BCUT2D eigenvalue weighted by molar-refractivity contribution is 0.359. The van der Waals surface area contributed by atoms with E-state index in [9.17, 15) is 9.50 Å². The van der Waals surface area contributed by atoms with Gasteiger partial charge in [0.25, 0.3) is 0 Å². The van der Waals surface area contributed by atoms with Crippen LogP contribution in [0, 0.1) is 5.82 Å². The van der Waals surface area contributed by atoms with E-state index in [1.807, 2.05) is 20.8 Å². The Balaban J connectivity index is 2.97. The monoisotopic (exact) mass is 299 g/mol. The molecule has 0 aliphatic carbocycles. The summed E-state index contributed by atoms with van der Waals surface area (Å²) in [7, 11) is 1.28. The molecule has 3 N–H and O–H groups in total.